The van der Waals surface area contributed by atoms with Gasteiger partial charge >= 0.3 is 0 Å². The molecule has 0 aromatic heterocycles. The Hall–Kier alpha value is -1.54. The largest absolute Gasteiger partial charge is 0.381 e. The molecule has 0 bridgehead atoms. The lowest BCUT2D eigenvalue weighted by Gasteiger charge is -2.10. The van der Waals surface area contributed by atoms with Gasteiger partial charge in [0.15, 0.2) is 0 Å². The fraction of sp³-hybridized carbons (Fsp3) is 0.200. The van der Waals surface area contributed by atoms with Crippen molar-refractivity contribution >= 4 is 17.3 Å². The summed E-state index contributed by atoms with van der Waals surface area (Å²) in [4.78, 5) is 0. The van der Waals surface area contributed by atoms with Crippen LogP contribution in [0.25, 0.3) is 0 Å². The Morgan fingerprint density at radius 3 is 2.56 bits per heavy atom. The molecule has 0 radical (unpaired) electrons. The van der Waals surface area contributed by atoms with E-state index in [-0.39, 0.29) is 5.82 Å². The molecule has 0 saturated heterocycles. The first kappa shape index (κ1) is 12.9. The van der Waals surface area contributed by atoms with E-state index in [0.717, 1.165) is 16.8 Å². The summed E-state index contributed by atoms with van der Waals surface area (Å²) in [6.45, 7) is 4.44. The molecule has 0 unspecified atom stereocenters. The first-order valence-corrected chi connectivity index (χ1v) is 6.19. The third kappa shape index (κ3) is 3.02. The second-order valence-corrected chi connectivity index (χ2v) is 4.83. The molecule has 0 fully saturated rings. The fourth-order valence-corrected chi connectivity index (χ4v) is 1.97. The predicted molar refractivity (Wildman–Crippen MR) is 74.7 cm³/mol. The maximum atomic E-state index is 13.1. The first-order valence-electron chi connectivity index (χ1n) is 5.81. The zero-order chi connectivity index (χ0) is 13.1. The highest BCUT2D eigenvalue weighted by molar-refractivity contribution is 6.30. The van der Waals surface area contributed by atoms with Gasteiger partial charge in [0.1, 0.15) is 5.82 Å². The van der Waals surface area contributed by atoms with Crippen molar-refractivity contribution in [2.24, 2.45) is 0 Å². The van der Waals surface area contributed by atoms with E-state index in [1.54, 1.807) is 13.0 Å². The summed E-state index contributed by atoms with van der Waals surface area (Å²) in [5.74, 6) is -0.169. The quantitative estimate of drug-likeness (QED) is 0.846. The number of rotatable bonds is 3. The van der Waals surface area contributed by atoms with Crippen LogP contribution in [-0.4, -0.2) is 0 Å². The van der Waals surface area contributed by atoms with E-state index in [0.29, 0.717) is 17.1 Å². The van der Waals surface area contributed by atoms with E-state index in [2.05, 4.69) is 5.32 Å². The Morgan fingerprint density at radius 1 is 1.06 bits per heavy atom. The summed E-state index contributed by atoms with van der Waals surface area (Å²) < 4.78 is 13.1. The van der Waals surface area contributed by atoms with E-state index in [4.69, 9.17) is 11.6 Å². The second-order valence-electron chi connectivity index (χ2n) is 4.40. The van der Waals surface area contributed by atoms with Crippen molar-refractivity contribution in [3.05, 3.63) is 63.9 Å². The first-order chi connectivity index (χ1) is 8.56. The molecule has 0 aliphatic rings. The van der Waals surface area contributed by atoms with Crippen molar-refractivity contribution in [2.75, 3.05) is 5.32 Å². The van der Waals surface area contributed by atoms with Gasteiger partial charge in [0, 0.05) is 17.3 Å². The third-order valence-electron chi connectivity index (χ3n) is 2.90. The molecule has 0 saturated carbocycles. The monoisotopic (exact) mass is 263 g/mol. The molecule has 0 aliphatic carbocycles. The average molecular weight is 264 g/mol. The zero-order valence-corrected chi connectivity index (χ0v) is 11.2. The number of halogens is 2. The lowest BCUT2D eigenvalue weighted by atomic mass is 10.1. The topological polar surface area (TPSA) is 12.0 Å². The van der Waals surface area contributed by atoms with Gasteiger partial charge in [0.05, 0.1) is 0 Å². The maximum absolute atomic E-state index is 13.1. The highest BCUT2D eigenvalue weighted by Crippen LogP contribution is 2.21. The van der Waals surface area contributed by atoms with Gasteiger partial charge < -0.3 is 5.32 Å². The summed E-state index contributed by atoms with van der Waals surface area (Å²) in [7, 11) is 0. The standard InChI is InChI=1S/C15H15ClFN/c1-10-3-5-13(16)8-15(10)18-9-12-4-6-14(17)11(2)7-12/h3-8,18H,9H2,1-2H3. The Bertz CT molecular complexity index is 566. The number of nitrogens with one attached hydrogen (secondary N) is 1. The van der Waals surface area contributed by atoms with E-state index in [1.807, 2.05) is 31.2 Å². The van der Waals surface area contributed by atoms with Gasteiger partial charge in [0.2, 0.25) is 0 Å². The highest BCUT2D eigenvalue weighted by atomic mass is 35.5. The van der Waals surface area contributed by atoms with Crippen molar-refractivity contribution in [3.63, 3.8) is 0 Å². The van der Waals surface area contributed by atoms with Crippen LogP contribution in [0.5, 0.6) is 0 Å². The fourth-order valence-electron chi connectivity index (χ4n) is 1.80. The van der Waals surface area contributed by atoms with Gasteiger partial charge in [-0.05, 0) is 48.7 Å². The van der Waals surface area contributed by atoms with Crippen LogP contribution in [0, 0.1) is 19.7 Å². The molecule has 0 heterocycles. The minimum absolute atomic E-state index is 0.169. The van der Waals surface area contributed by atoms with Crippen LogP contribution in [0.4, 0.5) is 10.1 Å². The molecule has 2 aromatic carbocycles. The number of hydrogen-bond acceptors (Lipinski definition) is 1. The minimum atomic E-state index is -0.169. The number of benzene rings is 2. The van der Waals surface area contributed by atoms with Gasteiger partial charge in [-0.15, -0.1) is 0 Å². The highest BCUT2D eigenvalue weighted by Gasteiger charge is 2.01. The Labute approximate surface area is 112 Å². The normalized spacial score (nSPS) is 10.4. The lowest BCUT2D eigenvalue weighted by Crippen LogP contribution is -2.01. The van der Waals surface area contributed by atoms with Gasteiger partial charge in [-0.1, -0.05) is 29.8 Å². The van der Waals surface area contributed by atoms with Crippen molar-refractivity contribution in [3.8, 4) is 0 Å². The van der Waals surface area contributed by atoms with Gasteiger partial charge in [-0.25, -0.2) is 4.39 Å². The molecule has 0 amide bonds. The molecule has 0 aliphatic heterocycles. The molecule has 2 aromatic rings. The van der Waals surface area contributed by atoms with E-state index < -0.39 is 0 Å². The average Bonchev–Trinajstić information content (AvgIpc) is 2.34. The van der Waals surface area contributed by atoms with Crippen LogP contribution in [0.3, 0.4) is 0 Å². The van der Waals surface area contributed by atoms with Crippen LogP contribution in [0.2, 0.25) is 5.02 Å². The van der Waals surface area contributed by atoms with E-state index >= 15 is 0 Å². The van der Waals surface area contributed by atoms with Crippen LogP contribution < -0.4 is 5.32 Å². The molecule has 0 spiro atoms. The van der Waals surface area contributed by atoms with Gasteiger partial charge in [0.25, 0.3) is 0 Å². The smallest absolute Gasteiger partial charge is 0.126 e. The Balaban J connectivity index is 2.11. The van der Waals surface area contributed by atoms with Crippen LogP contribution in [0.1, 0.15) is 16.7 Å². The Kier molecular flexibility index (Phi) is 3.87. The lowest BCUT2D eigenvalue weighted by molar-refractivity contribution is 0.617. The zero-order valence-electron chi connectivity index (χ0n) is 10.4. The SMILES string of the molecule is Cc1cc(CNc2cc(Cl)ccc2C)ccc1F. The van der Waals surface area contributed by atoms with Crippen LogP contribution >= 0.6 is 11.6 Å². The summed E-state index contributed by atoms with van der Waals surface area (Å²) >= 11 is 5.95. The molecule has 2 rings (SSSR count). The number of aryl methyl sites for hydroxylation is 2. The number of hydrogen-bond donors (Lipinski definition) is 1. The second kappa shape index (κ2) is 5.40. The minimum Gasteiger partial charge on any atom is -0.381 e. The summed E-state index contributed by atoms with van der Waals surface area (Å²) in [6, 6.07) is 10.9. The molecule has 1 nitrogen and oxygen atoms in total. The van der Waals surface area contributed by atoms with E-state index in [9.17, 15) is 4.39 Å². The van der Waals surface area contributed by atoms with Crippen molar-refractivity contribution in [1.82, 2.24) is 0 Å². The molecule has 0 atom stereocenters. The van der Waals surface area contributed by atoms with Gasteiger partial charge in [-0.2, -0.15) is 0 Å². The maximum Gasteiger partial charge on any atom is 0.126 e. The molecule has 3 heteroatoms. The van der Waals surface area contributed by atoms with Crippen LogP contribution in [-0.2, 0) is 6.54 Å². The van der Waals surface area contributed by atoms with Crippen molar-refractivity contribution in [2.45, 2.75) is 20.4 Å². The van der Waals surface area contributed by atoms with Crippen molar-refractivity contribution < 1.29 is 4.39 Å². The summed E-state index contributed by atoms with van der Waals surface area (Å²) in [5.41, 5.74) is 3.85. The molecule has 1 N–H and O–H groups in total. The predicted octanol–water partition coefficient (Wildman–Crippen LogP) is 4.71. The molecule has 94 valence electrons. The number of anilines is 1. The van der Waals surface area contributed by atoms with Gasteiger partial charge in [-0.3, -0.25) is 0 Å². The Morgan fingerprint density at radius 2 is 1.83 bits per heavy atom. The third-order valence-corrected chi connectivity index (χ3v) is 3.14. The molecular weight excluding hydrogens is 249 g/mol. The van der Waals surface area contributed by atoms with Crippen molar-refractivity contribution in [1.29, 1.82) is 0 Å². The van der Waals surface area contributed by atoms with Crippen LogP contribution in [0.15, 0.2) is 36.4 Å². The summed E-state index contributed by atoms with van der Waals surface area (Å²) in [5, 5.41) is 4.02. The van der Waals surface area contributed by atoms with E-state index in [1.165, 1.54) is 6.07 Å². The molecular formula is C15H15ClFN. The molecule has 18 heavy (non-hydrogen) atoms. The summed E-state index contributed by atoms with van der Waals surface area (Å²) in [6.07, 6.45) is 0.